The molecule has 1 rings (SSSR count). The van der Waals surface area contributed by atoms with E-state index in [-0.39, 0.29) is 4.90 Å². The number of sulfonamides is 1. The molecule has 1 aromatic carbocycles. The number of hydrazone groups is 1. The molecule has 0 aliphatic carbocycles. The number of nitrogens with one attached hydrogen (secondary N) is 1. The maximum atomic E-state index is 12.2. The highest BCUT2D eigenvalue weighted by Crippen LogP contribution is 2.11. The number of benzene rings is 1. The minimum atomic E-state index is -3.60. The second-order valence-corrected chi connectivity index (χ2v) is 7.71. The first-order valence-corrected chi connectivity index (χ1v) is 10.3. The molecule has 0 aromatic heterocycles. The number of aryl methyl sites for hydroxylation is 1. The van der Waals surface area contributed by atoms with Gasteiger partial charge >= 0.3 is 0 Å². The van der Waals surface area contributed by atoms with E-state index in [1.165, 1.54) is 12.8 Å². The number of unbranched alkanes of at least 4 members (excludes halogenated alkanes) is 4. The van der Waals surface area contributed by atoms with E-state index >= 15 is 0 Å². The van der Waals surface area contributed by atoms with Gasteiger partial charge in [-0.1, -0.05) is 56.9 Å². The van der Waals surface area contributed by atoms with Gasteiger partial charge in [0.05, 0.1) is 11.1 Å². The maximum Gasteiger partial charge on any atom is 0.276 e. The van der Waals surface area contributed by atoms with Crippen LogP contribution in [0.5, 0.6) is 0 Å². The van der Waals surface area contributed by atoms with Gasteiger partial charge in [0, 0.05) is 0 Å². The zero-order valence-corrected chi connectivity index (χ0v) is 15.9. The van der Waals surface area contributed by atoms with E-state index in [9.17, 15) is 8.42 Å². The molecular weight excluding hydrogens is 320 g/mol. The summed E-state index contributed by atoms with van der Waals surface area (Å²) in [5.41, 5.74) is 2.12. The first-order valence-electron chi connectivity index (χ1n) is 8.80. The Labute approximate surface area is 147 Å². The van der Waals surface area contributed by atoms with E-state index < -0.39 is 10.0 Å². The highest BCUT2D eigenvalue weighted by atomic mass is 32.2. The van der Waals surface area contributed by atoms with Crippen LogP contribution < -0.4 is 4.83 Å². The molecule has 0 spiro atoms. The number of rotatable bonds is 11. The van der Waals surface area contributed by atoms with Crippen molar-refractivity contribution < 1.29 is 8.42 Å². The maximum absolute atomic E-state index is 12.2. The van der Waals surface area contributed by atoms with Crippen LogP contribution in [0.2, 0.25) is 0 Å². The van der Waals surface area contributed by atoms with Crippen LogP contribution in [0, 0.1) is 6.92 Å². The summed E-state index contributed by atoms with van der Waals surface area (Å²) < 4.78 is 24.4. The molecule has 1 aromatic rings. The molecule has 0 atom stereocenters. The third kappa shape index (κ3) is 7.77. The van der Waals surface area contributed by atoms with Gasteiger partial charge in [0.15, 0.2) is 0 Å². The lowest BCUT2D eigenvalue weighted by Crippen LogP contribution is -2.18. The van der Waals surface area contributed by atoms with Crippen molar-refractivity contribution in [1.82, 2.24) is 4.83 Å². The zero-order chi connectivity index (χ0) is 17.8. The van der Waals surface area contributed by atoms with E-state index in [4.69, 9.17) is 0 Å². The average molecular weight is 351 g/mol. The fourth-order valence-corrected chi connectivity index (χ4v) is 3.02. The molecular formula is C19H30N2O2S. The lowest BCUT2D eigenvalue weighted by molar-refractivity contribution is 0.584. The van der Waals surface area contributed by atoms with Crippen LogP contribution in [-0.4, -0.2) is 14.6 Å². The molecule has 0 aliphatic rings. The van der Waals surface area contributed by atoms with Crippen molar-refractivity contribution in [3.8, 4) is 0 Å². The summed E-state index contributed by atoms with van der Waals surface area (Å²) in [6.45, 7) is 6.25. The lowest BCUT2D eigenvalue weighted by Gasteiger charge is -2.05. The Morgan fingerprint density at radius 3 is 2.38 bits per heavy atom. The fourth-order valence-electron chi connectivity index (χ4n) is 2.23. The number of nitrogens with zero attached hydrogens (tertiary/aromatic N) is 1. The highest BCUT2D eigenvalue weighted by Gasteiger charge is 2.11. The Balaban J connectivity index is 2.69. The Kier molecular flexibility index (Phi) is 9.38. The Morgan fingerprint density at radius 1 is 1.08 bits per heavy atom. The minimum Gasteiger partial charge on any atom is -0.200 e. The molecule has 134 valence electrons. The van der Waals surface area contributed by atoms with Crippen LogP contribution in [0.15, 0.2) is 45.9 Å². The Morgan fingerprint density at radius 2 is 1.75 bits per heavy atom. The first kappa shape index (κ1) is 20.4. The van der Waals surface area contributed by atoms with Gasteiger partial charge in [-0.05, 0) is 50.3 Å². The molecule has 24 heavy (non-hydrogen) atoms. The predicted octanol–water partition coefficient (Wildman–Crippen LogP) is 4.96. The summed E-state index contributed by atoms with van der Waals surface area (Å²) >= 11 is 0. The smallest absolute Gasteiger partial charge is 0.200 e. The predicted molar refractivity (Wildman–Crippen MR) is 102 cm³/mol. The van der Waals surface area contributed by atoms with Crippen molar-refractivity contribution in [2.24, 2.45) is 5.10 Å². The molecule has 1 N–H and O–H groups in total. The zero-order valence-electron chi connectivity index (χ0n) is 15.1. The molecule has 4 nitrogen and oxygen atoms in total. The average Bonchev–Trinajstić information content (AvgIpc) is 2.56. The first-order chi connectivity index (χ1) is 11.5. The Bertz CT molecular complexity index is 632. The van der Waals surface area contributed by atoms with Gasteiger partial charge in [-0.25, -0.2) is 4.83 Å². The summed E-state index contributed by atoms with van der Waals surface area (Å²) in [6, 6.07) is 6.73. The highest BCUT2D eigenvalue weighted by molar-refractivity contribution is 7.89. The van der Waals surface area contributed by atoms with Crippen LogP contribution in [0.1, 0.15) is 64.4 Å². The molecule has 0 saturated heterocycles. The fraction of sp³-hybridized carbons (Fsp3) is 0.526. The van der Waals surface area contributed by atoms with Gasteiger partial charge < -0.3 is 0 Å². The van der Waals surface area contributed by atoms with Crippen LogP contribution in [-0.2, 0) is 10.0 Å². The van der Waals surface area contributed by atoms with Crippen molar-refractivity contribution >= 4 is 16.2 Å². The van der Waals surface area contributed by atoms with Crippen molar-refractivity contribution in [2.75, 3.05) is 0 Å². The number of hydrogen-bond acceptors (Lipinski definition) is 3. The summed E-state index contributed by atoms with van der Waals surface area (Å²) in [4.78, 5) is 2.53. The van der Waals surface area contributed by atoms with Crippen LogP contribution >= 0.6 is 0 Å². The molecule has 0 radical (unpaired) electrons. The van der Waals surface area contributed by atoms with Crippen LogP contribution in [0.25, 0.3) is 0 Å². The second-order valence-electron chi connectivity index (χ2n) is 6.04. The van der Waals surface area contributed by atoms with E-state index in [1.807, 2.05) is 6.92 Å². The molecule has 0 fully saturated rings. The summed E-state index contributed by atoms with van der Waals surface area (Å²) in [6.07, 6.45) is 11.5. The van der Waals surface area contributed by atoms with Crippen LogP contribution in [0.3, 0.4) is 0 Å². The monoisotopic (exact) mass is 350 g/mol. The normalized spacial score (nSPS) is 12.7. The summed E-state index contributed by atoms with van der Waals surface area (Å²) in [5.74, 6) is 0. The van der Waals surface area contributed by atoms with E-state index in [1.54, 1.807) is 30.5 Å². The van der Waals surface area contributed by atoms with Crippen molar-refractivity contribution in [2.45, 2.75) is 70.6 Å². The topological polar surface area (TPSA) is 58.5 Å². The lowest BCUT2D eigenvalue weighted by atomic mass is 10.1. The van der Waals surface area contributed by atoms with Gasteiger partial charge in [0.1, 0.15) is 0 Å². The standard InChI is InChI=1S/C19H30N2O2S/c1-4-6-8-9-11-18(10-7-5-2)16-20-21-24(22,23)19-14-12-17(3)13-15-19/h11-16,21H,4-10H2,1-3H3/b18-11+,20-16+. The van der Waals surface area contributed by atoms with E-state index in [0.29, 0.717) is 0 Å². The van der Waals surface area contributed by atoms with Gasteiger partial charge in [-0.15, -0.1) is 0 Å². The van der Waals surface area contributed by atoms with E-state index in [0.717, 1.165) is 43.2 Å². The quantitative estimate of drug-likeness (QED) is 0.348. The molecule has 0 aliphatic heterocycles. The largest absolute Gasteiger partial charge is 0.276 e. The van der Waals surface area contributed by atoms with Crippen LogP contribution in [0.4, 0.5) is 0 Å². The van der Waals surface area contributed by atoms with E-state index in [2.05, 4.69) is 29.9 Å². The molecule has 0 unspecified atom stereocenters. The number of allylic oxidation sites excluding steroid dienone is 2. The third-order valence-corrected chi connectivity index (χ3v) is 5.01. The van der Waals surface area contributed by atoms with Gasteiger partial charge in [0.25, 0.3) is 10.0 Å². The van der Waals surface area contributed by atoms with Gasteiger partial charge in [-0.3, -0.25) is 0 Å². The molecule has 0 bridgehead atoms. The second kappa shape index (κ2) is 11.0. The number of hydrogen-bond donors (Lipinski definition) is 1. The van der Waals surface area contributed by atoms with Crippen molar-refractivity contribution in [3.05, 3.63) is 41.5 Å². The molecule has 0 amide bonds. The molecule has 0 saturated carbocycles. The minimum absolute atomic E-state index is 0.229. The van der Waals surface area contributed by atoms with Crippen molar-refractivity contribution in [3.63, 3.8) is 0 Å². The SMILES string of the molecule is CCCCC/C=C(/C=N/NS(=O)(=O)c1ccc(C)cc1)CCCC. The Hall–Kier alpha value is -1.62. The van der Waals surface area contributed by atoms with Gasteiger partial charge in [0.2, 0.25) is 0 Å². The summed E-state index contributed by atoms with van der Waals surface area (Å²) in [7, 11) is -3.60. The van der Waals surface area contributed by atoms with Gasteiger partial charge in [-0.2, -0.15) is 13.5 Å². The molecule has 0 heterocycles. The summed E-state index contributed by atoms with van der Waals surface area (Å²) in [5, 5.41) is 3.96. The third-order valence-electron chi connectivity index (χ3n) is 3.77. The van der Waals surface area contributed by atoms with Crippen molar-refractivity contribution in [1.29, 1.82) is 0 Å². The molecule has 5 heteroatoms.